The van der Waals surface area contributed by atoms with E-state index in [1.54, 1.807) is 24.3 Å². The number of H-pyrrole nitrogens is 1. The van der Waals surface area contributed by atoms with E-state index in [0.29, 0.717) is 18.0 Å². The topological polar surface area (TPSA) is 99.6 Å². The highest BCUT2D eigenvalue weighted by atomic mass is 16.5. The smallest absolute Gasteiger partial charge is 0.240 e. The van der Waals surface area contributed by atoms with Crippen molar-refractivity contribution in [2.45, 2.75) is 20.0 Å². The summed E-state index contributed by atoms with van der Waals surface area (Å²) in [4.78, 5) is 19.1. The molecular formula is C19H18N4O3. The average molecular weight is 350 g/mol. The average Bonchev–Trinajstić information content (AvgIpc) is 3.03. The second kappa shape index (κ2) is 6.51. The minimum Gasteiger partial charge on any atom is -0.504 e. The summed E-state index contributed by atoms with van der Waals surface area (Å²) in [5.74, 6) is 1.17. The summed E-state index contributed by atoms with van der Waals surface area (Å²) in [6.07, 6.45) is 0.430. The number of aromatic nitrogens is 2. The van der Waals surface area contributed by atoms with Gasteiger partial charge in [-0.1, -0.05) is 25.1 Å². The number of carbonyl (C=O) groups excluding carboxylic acids is 1. The van der Waals surface area contributed by atoms with Gasteiger partial charge in [0.25, 0.3) is 0 Å². The van der Waals surface area contributed by atoms with Crippen molar-refractivity contribution in [2.75, 3.05) is 0 Å². The van der Waals surface area contributed by atoms with Crippen molar-refractivity contribution in [3.05, 3.63) is 53.9 Å². The van der Waals surface area contributed by atoms with E-state index in [1.165, 1.54) is 0 Å². The number of phenolic OH excluding ortho intramolecular Hbond substituents is 1. The first-order chi connectivity index (χ1) is 12.6. The van der Waals surface area contributed by atoms with Crippen molar-refractivity contribution >= 4 is 22.7 Å². The fraction of sp³-hybridized carbons (Fsp3) is 0.211. The van der Waals surface area contributed by atoms with Crippen LogP contribution in [-0.2, 0) is 11.4 Å². The third-order valence-corrected chi connectivity index (χ3v) is 4.32. The fourth-order valence-electron chi connectivity index (χ4n) is 3.02. The molecule has 26 heavy (non-hydrogen) atoms. The number of imidazole rings is 1. The molecule has 1 unspecified atom stereocenters. The van der Waals surface area contributed by atoms with E-state index in [4.69, 9.17) is 4.74 Å². The van der Waals surface area contributed by atoms with Gasteiger partial charge in [0.05, 0.1) is 16.7 Å². The van der Waals surface area contributed by atoms with Crippen molar-refractivity contribution in [1.29, 1.82) is 0 Å². The van der Waals surface area contributed by atoms with Crippen LogP contribution in [0.1, 0.15) is 24.7 Å². The molecule has 1 aliphatic rings. The maximum absolute atomic E-state index is 11.4. The van der Waals surface area contributed by atoms with Gasteiger partial charge in [-0.2, -0.15) is 5.10 Å². The highest BCUT2D eigenvalue weighted by Gasteiger charge is 2.22. The van der Waals surface area contributed by atoms with Gasteiger partial charge >= 0.3 is 0 Å². The van der Waals surface area contributed by atoms with Gasteiger partial charge in [0.2, 0.25) is 5.91 Å². The van der Waals surface area contributed by atoms with Crippen molar-refractivity contribution in [3.63, 3.8) is 0 Å². The monoisotopic (exact) mass is 350 g/mol. The predicted molar refractivity (Wildman–Crippen MR) is 97.0 cm³/mol. The molecule has 0 radical (unpaired) electrons. The zero-order valence-electron chi connectivity index (χ0n) is 14.2. The van der Waals surface area contributed by atoms with Crippen molar-refractivity contribution in [1.82, 2.24) is 15.4 Å². The summed E-state index contributed by atoms with van der Waals surface area (Å²) in [6.45, 7) is 2.20. The third-order valence-electron chi connectivity index (χ3n) is 4.32. The van der Waals surface area contributed by atoms with Crippen LogP contribution in [0.4, 0.5) is 0 Å². The lowest BCUT2D eigenvalue weighted by molar-refractivity contribution is -0.121. The number of ether oxygens (including phenoxy) is 1. The number of benzene rings is 2. The molecule has 7 heteroatoms. The second-order valence-corrected chi connectivity index (χ2v) is 6.31. The lowest BCUT2D eigenvalue weighted by Gasteiger charge is -2.18. The number of nitrogens with zero attached hydrogens (tertiary/aromatic N) is 2. The molecule has 1 aliphatic heterocycles. The van der Waals surface area contributed by atoms with Gasteiger partial charge < -0.3 is 14.8 Å². The molecule has 3 N–H and O–H groups in total. The number of para-hydroxylation sites is 2. The lowest BCUT2D eigenvalue weighted by Crippen LogP contribution is -2.31. The lowest BCUT2D eigenvalue weighted by atomic mass is 9.94. The van der Waals surface area contributed by atoms with Crippen LogP contribution < -0.4 is 10.2 Å². The summed E-state index contributed by atoms with van der Waals surface area (Å²) in [5.41, 5.74) is 6.02. The summed E-state index contributed by atoms with van der Waals surface area (Å²) < 4.78 is 5.61. The van der Waals surface area contributed by atoms with Gasteiger partial charge in [0, 0.05) is 17.9 Å². The molecule has 1 atom stereocenters. The van der Waals surface area contributed by atoms with Gasteiger partial charge in [0.15, 0.2) is 11.5 Å². The number of aromatic amines is 1. The normalized spacial score (nSPS) is 17.0. The van der Waals surface area contributed by atoms with E-state index in [1.807, 2.05) is 25.1 Å². The molecule has 1 aromatic heterocycles. The number of phenols is 1. The first kappa shape index (κ1) is 16.1. The maximum atomic E-state index is 11.4. The molecule has 0 fully saturated rings. The van der Waals surface area contributed by atoms with E-state index in [0.717, 1.165) is 22.3 Å². The minimum absolute atomic E-state index is 0.0625. The molecule has 0 bridgehead atoms. The van der Waals surface area contributed by atoms with E-state index < -0.39 is 0 Å². The van der Waals surface area contributed by atoms with Crippen LogP contribution in [0.2, 0.25) is 0 Å². The molecule has 4 rings (SSSR count). The SMILES string of the molecule is CC1CC(=O)NN=C1c1ccc2nc(COc3ccccc3O)[nH]c2c1. The van der Waals surface area contributed by atoms with Gasteiger partial charge in [0.1, 0.15) is 12.4 Å². The number of hydrogen-bond acceptors (Lipinski definition) is 5. The molecule has 0 aliphatic carbocycles. The maximum Gasteiger partial charge on any atom is 0.240 e. The van der Waals surface area contributed by atoms with Crippen LogP contribution in [-0.4, -0.2) is 26.7 Å². The van der Waals surface area contributed by atoms with E-state index in [2.05, 4.69) is 20.5 Å². The zero-order chi connectivity index (χ0) is 18.1. The van der Waals surface area contributed by atoms with Crippen LogP contribution in [0.5, 0.6) is 11.5 Å². The minimum atomic E-state index is -0.0625. The van der Waals surface area contributed by atoms with Crippen molar-refractivity contribution in [3.8, 4) is 11.5 Å². The molecule has 2 aromatic carbocycles. The van der Waals surface area contributed by atoms with Crippen molar-refractivity contribution < 1.29 is 14.6 Å². The summed E-state index contributed by atoms with van der Waals surface area (Å²) in [6, 6.07) is 12.6. The molecule has 0 saturated carbocycles. The largest absolute Gasteiger partial charge is 0.504 e. The summed E-state index contributed by atoms with van der Waals surface area (Å²) >= 11 is 0. The van der Waals surface area contributed by atoms with Gasteiger partial charge in [-0.3, -0.25) is 4.79 Å². The molecule has 3 aromatic rings. The van der Waals surface area contributed by atoms with E-state index in [-0.39, 0.29) is 24.2 Å². The van der Waals surface area contributed by atoms with Crippen LogP contribution in [0.25, 0.3) is 11.0 Å². The van der Waals surface area contributed by atoms with Crippen LogP contribution >= 0.6 is 0 Å². The Balaban J connectivity index is 1.56. The Bertz CT molecular complexity index is 1010. The van der Waals surface area contributed by atoms with Crippen LogP contribution in [0.15, 0.2) is 47.6 Å². The molecule has 2 heterocycles. The Morgan fingerprint density at radius 3 is 2.92 bits per heavy atom. The Morgan fingerprint density at radius 2 is 2.12 bits per heavy atom. The van der Waals surface area contributed by atoms with E-state index in [9.17, 15) is 9.90 Å². The molecule has 0 spiro atoms. The Hall–Kier alpha value is -3.35. The van der Waals surface area contributed by atoms with Gasteiger partial charge in [-0.15, -0.1) is 0 Å². The molecule has 0 saturated heterocycles. The molecule has 132 valence electrons. The number of amides is 1. The second-order valence-electron chi connectivity index (χ2n) is 6.31. The molecule has 7 nitrogen and oxygen atoms in total. The first-order valence-corrected chi connectivity index (χ1v) is 8.36. The molecular weight excluding hydrogens is 332 g/mol. The number of fused-ring (bicyclic) bond motifs is 1. The van der Waals surface area contributed by atoms with Crippen LogP contribution in [0, 0.1) is 5.92 Å². The zero-order valence-corrected chi connectivity index (χ0v) is 14.2. The number of hydrogen-bond donors (Lipinski definition) is 3. The fourth-order valence-corrected chi connectivity index (χ4v) is 3.02. The Morgan fingerprint density at radius 1 is 1.27 bits per heavy atom. The third kappa shape index (κ3) is 3.11. The Kier molecular flexibility index (Phi) is 4.04. The number of hydrazone groups is 1. The van der Waals surface area contributed by atoms with Gasteiger partial charge in [-0.25, -0.2) is 10.4 Å². The number of rotatable bonds is 4. The molecule has 1 amide bonds. The van der Waals surface area contributed by atoms with E-state index >= 15 is 0 Å². The van der Waals surface area contributed by atoms with Crippen LogP contribution in [0.3, 0.4) is 0 Å². The number of aromatic hydroxyl groups is 1. The quantitative estimate of drug-likeness (QED) is 0.673. The van der Waals surface area contributed by atoms with Gasteiger partial charge in [-0.05, 0) is 24.3 Å². The number of nitrogens with one attached hydrogen (secondary N) is 2. The van der Waals surface area contributed by atoms with Crippen molar-refractivity contribution in [2.24, 2.45) is 11.0 Å². The number of carbonyl (C=O) groups is 1. The predicted octanol–water partition coefficient (Wildman–Crippen LogP) is 2.71. The first-order valence-electron chi connectivity index (χ1n) is 8.36. The Labute approximate surface area is 149 Å². The highest BCUT2D eigenvalue weighted by molar-refractivity contribution is 6.07. The summed E-state index contributed by atoms with van der Waals surface area (Å²) in [5, 5.41) is 13.9. The summed E-state index contributed by atoms with van der Waals surface area (Å²) in [7, 11) is 0. The standard InChI is InChI=1S/C19H18N4O3/c1-11-8-18(25)22-23-19(11)12-6-7-13-14(9-12)21-17(20-13)10-26-16-5-3-2-4-15(16)24/h2-7,9,11,24H,8,10H2,1H3,(H,20,21)(H,22,25). The highest BCUT2D eigenvalue weighted by Crippen LogP contribution is 2.25.